The highest BCUT2D eigenvalue weighted by atomic mass is 19.2. The summed E-state index contributed by atoms with van der Waals surface area (Å²) >= 11 is 0. The van der Waals surface area contributed by atoms with Gasteiger partial charge in [0.15, 0.2) is 11.6 Å². The molecule has 1 saturated carbocycles. The van der Waals surface area contributed by atoms with Gasteiger partial charge in [-0.05, 0) is 74.1 Å². The van der Waals surface area contributed by atoms with Crippen molar-refractivity contribution in [3.8, 4) is 16.9 Å². The molecule has 162 valence electrons. The first kappa shape index (κ1) is 22.5. The van der Waals surface area contributed by atoms with Gasteiger partial charge in [-0.1, -0.05) is 62.6 Å². The molecule has 0 aromatic heterocycles. The third kappa shape index (κ3) is 5.71. The van der Waals surface area contributed by atoms with E-state index in [9.17, 15) is 8.78 Å². The second-order valence-corrected chi connectivity index (χ2v) is 8.41. The number of hydrogen-bond donors (Lipinski definition) is 0. The number of allylic oxidation sites excluding steroid dienone is 2. The summed E-state index contributed by atoms with van der Waals surface area (Å²) in [6.07, 6.45) is 13.4. The fraction of sp³-hybridized carbons (Fsp3) is 0.481. The highest BCUT2D eigenvalue weighted by molar-refractivity contribution is 5.65. The van der Waals surface area contributed by atoms with Crippen LogP contribution in [0.5, 0.6) is 5.75 Å². The van der Waals surface area contributed by atoms with Crippen molar-refractivity contribution in [2.24, 2.45) is 5.92 Å². The topological polar surface area (TPSA) is 9.23 Å². The predicted molar refractivity (Wildman–Crippen MR) is 121 cm³/mol. The fourth-order valence-corrected chi connectivity index (χ4v) is 4.43. The summed E-state index contributed by atoms with van der Waals surface area (Å²) in [5, 5.41) is 0. The number of rotatable bonds is 9. The molecule has 0 unspecified atom stereocenters. The van der Waals surface area contributed by atoms with E-state index < -0.39 is 11.6 Å². The Kier molecular flexibility index (Phi) is 8.48. The Morgan fingerprint density at radius 1 is 0.900 bits per heavy atom. The quantitative estimate of drug-likeness (QED) is 0.296. The maximum Gasteiger partial charge on any atom is 0.201 e. The van der Waals surface area contributed by atoms with Crippen molar-refractivity contribution in [1.29, 1.82) is 0 Å². The Morgan fingerprint density at radius 3 is 2.30 bits per heavy atom. The van der Waals surface area contributed by atoms with E-state index in [1.807, 2.05) is 12.1 Å². The Balaban J connectivity index is 1.64. The maximum atomic E-state index is 14.7. The summed E-state index contributed by atoms with van der Waals surface area (Å²) in [4.78, 5) is 0. The first-order valence-corrected chi connectivity index (χ1v) is 11.5. The number of benzene rings is 2. The minimum atomic E-state index is -0.894. The summed E-state index contributed by atoms with van der Waals surface area (Å²) in [6.45, 7) is 4.64. The Bertz CT molecular complexity index is 818. The van der Waals surface area contributed by atoms with Crippen LogP contribution >= 0.6 is 0 Å². The summed E-state index contributed by atoms with van der Waals surface area (Å²) in [6, 6.07) is 11.1. The lowest BCUT2D eigenvalue weighted by atomic mass is 9.78. The second kappa shape index (κ2) is 11.3. The molecule has 0 aliphatic heterocycles. The van der Waals surface area contributed by atoms with Gasteiger partial charge in [0.25, 0.3) is 0 Å². The lowest BCUT2D eigenvalue weighted by Crippen LogP contribution is -2.11. The van der Waals surface area contributed by atoms with Crippen LogP contribution in [0.3, 0.4) is 0 Å². The molecule has 1 nitrogen and oxygen atoms in total. The van der Waals surface area contributed by atoms with E-state index in [2.05, 4.69) is 38.1 Å². The first-order chi connectivity index (χ1) is 14.6. The van der Waals surface area contributed by atoms with Gasteiger partial charge in [-0.15, -0.1) is 0 Å². The van der Waals surface area contributed by atoms with Crippen molar-refractivity contribution < 1.29 is 13.5 Å². The predicted octanol–water partition coefficient (Wildman–Crippen LogP) is 8.44. The van der Waals surface area contributed by atoms with Crippen LogP contribution in [0.4, 0.5) is 8.78 Å². The number of hydrogen-bond acceptors (Lipinski definition) is 1. The Morgan fingerprint density at radius 2 is 1.63 bits per heavy atom. The largest absolute Gasteiger partial charge is 0.490 e. The highest BCUT2D eigenvalue weighted by Crippen LogP contribution is 2.37. The zero-order valence-electron chi connectivity index (χ0n) is 18.3. The van der Waals surface area contributed by atoms with E-state index in [-0.39, 0.29) is 11.3 Å². The van der Waals surface area contributed by atoms with Crippen LogP contribution in [0.25, 0.3) is 11.1 Å². The molecule has 0 saturated heterocycles. The monoisotopic (exact) mass is 412 g/mol. The van der Waals surface area contributed by atoms with Gasteiger partial charge in [-0.2, -0.15) is 4.39 Å². The first-order valence-electron chi connectivity index (χ1n) is 11.5. The number of halogens is 2. The summed E-state index contributed by atoms with van der Waals surface area (Å²) < 4.78 is 34.6. The van der Waals surface area contributed by atoms with Crippen molar-refractivity contribution in [3.05, 3.63) is 65.7 Å². The molecular weight excluding hydrogens is 378 g/mol. The van der Waals surface area contributed by atoms with E-state index in [1.54, 1.807) is 12.1 Å². The standard InChI is InChI=1S/C27H34F2O/c1-3-5-6-7-19-30-25-18-17-24(26(28)27(25)29)23-15-13-22(14-16-23)21-11-9-20(8-4-2)10-12-21/h4,8,13-18,20-21H,3,5-7,9-12,19H2,1-2H3/b8-4+. The Hall–Kier alpha value is -2.16. The molecule has 1 aliphatic carbocycles. The average Bonchev–Trinajstić information content (AvgIpc) is 2.77. The molecule has 3 rings (SSSR count). The number of ether oxygens (including phenoxy) is 1. The molecule has 3 heteroatoms. The Labute approximate surface area is 180 Å². The SMILES string of the molecule is C/C=C/C1CCC(c2ccc(-c3ccc(OCCCCCC)c(F)c3F)cc2)CC1. The van der Waals surface area contributed by atoms with Gasteiger partial charge in [-0.25, -0.2) is 4.39 Å². The number of unbranched alkanes of at least 4 members (excludes halogenated alkanes) is 3. The fourth-order valence-electron chi connectivity index (χ4n) is 4.43. The lowest BCUT2D eigenvalue weighted by molar-refractivity contribution is 0.285. The highest BCUT2D eigenvalue weighted by Gasteiger charge is 2.21. The summed E-state index contributed by atoms with van der Waals surface area (Å²) in [7, 11) is 0. The van der Waals surface area contributed by atoms with Crippen LogP contribution in [0.1, 0.15) is 76.7 Å². The van der Waals surface area contributed by atoms with E-state index in [0.717, 1.165) is 25.7 Å². The molecule has 1 fully saturated rings. The third-order valence-electron chi connectivity index (χ3n) is 6.23. The minimum absolute atomic E-state index is 0.00209. The molecule has 0 amide bonds. The van der Waals surface area contributed by atoms with Gasteiger partial charge in [0, 0.05) is 5.56 Å². The van der Waals surface area contributed by atoms with Crippen LogP contribution in [0.15, 0.2) is 48.6 Å². The van der Waals surface area contributed by atoms with Crippen LogP contribution < -0.4 is 4.74 Å². The van der Waals surface area contributed by atoms with Gasteiger partial charge >= 0.3 is 0 Å². The molecular formula is C27H34F2O. The molecule has 0 spiro atoms. The van der Waals surface area contributed by atoms with E-state index >= 15 is 0 Å². The van der Waals surface area contributed by atoms with Crippen molar-refractivity contribution in [2.45, 2.75) is 71.1 Å². The zero-order chi connectivity index (χ0) is 21.3. The summed E-state index contributed by atoms with van der Waals surface area (Å²) in [5.41, 5.74) is 2.28. The molecule has 0 heterocycles. The van der Waals surface area contributed by atoms with Gasteiger partial charge in [-0.3, -0.25) is 0 Å². The molecule has 2 aromatic rings. The van der Waals surface area contributed by atoms with Crippen LogP contribution in [0.2, 0.25) is 0 Å². The normalized spacial score (nSPS) is 19.3. The molecule has 0 atom stereocenters. The summed E-state index contributed by atoms with van der Waals surface area (Å²) in [5.74, 6) is -0.460. The zero-order valence-corrected chi connectivity index (χ0v) is 18.3. The molecule has 0 bridgehead atoms. The average molecular weight is 413 g/mol. The second-order valence-electron chi connectivity index (χ2n) is 8.41. The maximum absolute atomic E-state index is 14.7. The van der Waals surface area contributed by atoms with Gasteiger partial charge in [0.2, 0.25) is 5.82 Å². The van der Waals surface area contributed by atoms with Crippen molar-refractivity contribution in [1.82, 2.24) is 0 Å². The van der Waals surface area contributed by atoms with E-state index in [0.29, 0.717) is 24.0 Å². The molecule has 0 radical (unpaired) electrons. The van der Waals surface area contributed by atoms with Crippen molar-refractivity contribution in [2.75, 3.05) is 6.61 Å². The molecule has 1 aliphatic rings. The van der Waals surface area contributed by atoms with E-state index in [4.69, 9.17) is 4.74 Å². The van der Waals surface area contributed by atoms with Gasteiger partial charge in [0.05, 0.1) is 6.61 Å². The van der Waals surface area contributed by atoms with Crippen LogP contribution in [-0.2, 0) is 0 Å². The van der Waals surface area contributed by atoms with Crippen molar-refractivity contribution >= 4 is 0 Å². The van der Waals surface area contributed by atoms with Crippen LogP contribution in [0, 0.1) is 17.6 Å². The smallest absolute Gasteiger partial charge is 0.201 e. The van der Waals surface area contributed by atoms with Crippen LogP contribution in [-0.4, -0.2) is 6.61 Å². The minimum Gasteiger partial charge on any atom is -0.490 e. The lowest BCUT2D eigenvalue weighted by Gasteiger charge is -2.27. The third-order valence-corrected chi connectivity index (χ3v) is 6.23. The molecule has 0 N–H and O–H groups in total. The van der Waals surface area contributed by atoms with Gasteiger partial charge < -0.3 is 4.74 Å². The van der Waals surface area contributed by atoms with E-state index in [1.165, 1.54) is 31.2 Å². The molecule has 2 aromatic carbocycles. The molecule has 30 heavy (non-hydrogen) atoms. The van der Waals surface area contributed by atoms with Crippen molar-refractivity contribution in [3.63, 3.8) is 0 Å². The van der Waals surface area contributed by atoms with Gasteiger partial charge in [0.1, 0.15) is 0 Å².